The van der Waals surface area contributed by atoms with Crippen molar-refractivity contribution in [2.75, 3.05) is 13.6 Å². The molecule has 1 atom stereocenters. The second kappa shape index (κ2) is 6.69. The van der Waals surface area contributed by atoms with Gasteiger partial charge in [-0.15, -0.1) is 0 Å². The molecule has 1 aliphatic heterocycles. The number of nitrogens with zero attached hydrogens (tertiary/aromatic N) is 1. The van der Waals surface area contributed by atoms with Crippen molar-refractivity contribution in [3.8, 4) is 0 Å². The number of imide groups is 2. The molecule has 0 saturated carbocycles. The van der Waals surface area contributed by atoms with Gasteiger partial charge in [0.2, 0.25) is 5.91 Å². The summed E-state index contributed by atoms with van der Waals surface area (Å²) >= 11 is 0. The van der Waals surface area contributed by atoms with E-state index in [2.05, 4.69) is 16.0 Å². The summed E-state index contributed by atoms with van der Waals surface area (Å²) in [5, 5.41) is 7.00. The third kappa shape index (κ3) is 3.37. The van der Waals surface area contributed by atoms with Gasteiger partial charge < -0.3 is 10.6 Å². The molecule has 1 fully saturated rings. The summed E-state index contributed by atoms with van der Waals surface area (Å²) in [5.41, 5.74) is 0.549. The van der Waals surface area contributed by atoms with Gasteiger partial charge in [0.05, 0.1) is 0 Å². The van der Waals surface area contributed by atoms with E-state index in [1.807, 2.05) is 19.1 Å². The van der Waals surface area contributed by atoms with E-state index in [9.17, 15) is 19.2 Å². The fraction of sp³-hybridized carbons (Fsp3) is 0.375. The smallest absolute Gasteiger partial charge is 0.325 e. The number of amides is 6. The summed E-state index contributed by atoms with van der Waals surface area (Å²) < 4.78 is 0. The Morgan fingerprint density at radius 2 is 1.83 bits per heavy atom. The van der Waals surface area contributed by atoms with Crippen molar-refractivity contribution in [2.24, 2.45) is 0 Å². The van der Waals surface area contributed by atoms with Crippen molar-refractivity contribution < 1.29 is 19.2 Å². The zero-order chi connectivity index (χ0) is 17.9. The highest BCUT2D eigenvalue weighted by Gasteiger charge is 2.48. The number of benzene rings is 1. The molecule has 128 valence electrons. The predicted octanol–water partition coefficient (Wildman–Crippen LogP) is 0.608. The highest BCUT2D eigenvalue weighted by molar-refractivity contribution is 6.07. The van der Waals surface area contributed by atoms with E-state index in [0.29, 0.717) is 5.56 Å². The van der Waals surface area contributed by atoms with Gasteiger partial charge in [0, 0.05) is 20.0 Å². The molecule has 0 unspecified atom stereocenters. The number of carbonyl (C=O) groups excluding carboxylic acids is 4. The van der Waals surface area contributed by atoms with Crippen molar-refractivity contribution in [1.29, 1.82) is 0 Å². The number of aryl methyl sites for hydroxylation is 1. The molecule has 1 heterocycles. The van der Waals surface area contributed by atoms with Gasteiger partial charge in [-0.2, -0.15) is 0 Å². The normalized spacial score (nSPS) is 19.9. The fourth-order valence-corrected chi connectivity index (χ4v) is 2.45. The first-order valence-electron chi connectivity index (χ1n) is 7.50. The molecule has 0 spiro atoms. The van der Waals surface area contributed by atoms with Crippen LogP contribution >= 0.6 is 0 Å². The van der Waals surface area contributed by atoms with Gasteiger partial charge in [0.1, 0.15) is 5.54 Å². The van der Waals surface area contributed by atoms with Crippen LogP contribution in [0.3, 0.4) is 0 Å². The Morgan fingerprint density at radius 1 is 1.21 bits per heavy atom. The predicted molar refractivity (Wildman–Crippen MR) is 86.0 cm³/mol. The molecule has 8 heteroatoms. The van der Waals surface area contributed by atoms with Gasteiger partial charge in [-0.05, 0) is 19.4 Å². The summed E-state index contributed by atoms with van der Waals surface area (Å²) in [7, 11) is 1.38. The second-order valence-electron chi connectivity index (χ2n) is 5.76. The van der Waals surface area contributed by atoms with Crippen LogP contribution in [0, 0.1) is 6.92 Å². The SMILES string of the molecule is CNC(=O)NC(=O)CCN1C(=O)N[C@@](C)(c2ccc(C)cc2)C1=O. The second-order valence-corrected chi connectivity index (χ2v) is 5.76. The van der Waals surface area contributed by atoms with Gasteiger partial charge >= 0.3 is 12.1 Å². The summed E-state index contributed by atoms with van der Waals surface area (Å²) in [5.74, 6) is -0.997. The lowest BCUT2D eigenvalue weighted by atomic mass is 9.91. The van der Waals surface area contributed by atoms with E-state index in [4.69, 9.17) is 0 Å². The van der Waals surface area contributed by atoms with E-state index in [1.165, 1.54) is 7.05 Å². The number of hydrogen-bond donors (Lipinski definition) is 3. The van der Waals surface area contributed by atoms with Crippen LogP contribution in [0.1, 0.15) is 24.5 Å². The minimum absolute atomic E-state index is 0.102. The first kappa shape index (κ1) is 17.5. The van der Waals surface area contributed by atoms with E-state index in [-0.39, 0.29) is 13.0 Å². The minimum Gasteiger partial charge on any atom is -0.341 e. The molecular formula is C16H20N4O4. The van der Waals surface area contributed by atoms with Crippen molar-refractivity contribution >= 4 is 23.9 Å². The maximum atomic E-state index is 12.6. The molecule has 1 saturated heterocycles. The Hall–Kier alpha value is -2.90. The summed E-state index contributed by atoms with van der Waals surface area (Å²) in [4.78, 5) is 48.4. The van der Waals surface area contributed by atoms with Crippen LogP contribution < -0.4 is 16.0 Å². The minimum atomic E-state index is -1.16. The molecule has 1 aliphatic rings. The molecule has 1 aromatic carbocycles. The van der Waals surface area contributed by atoms with Crippen LogP contribution in [0.25, 0.3) is 0 Å². The van der Waals surface area contributed by atoms with Gasteiger partial charge in [0.15, 0.2) is 0 Å². The van der Waals surface area contributed by atoms with Gasteiger partial charge in [-0.1, -0.05) is 29.8 Å². The van der Waals surface area contributed by atoms with Crippen molar-refractivity contribution in [3.63, 3.8) is 0 Å². The molecule has 24 heavy (non-hydrogen) atoms. The topological polar surface area (TPSA) is 108 Å². The van der Waals surface area contributed by atoms with E-state index in [1.54, 1.807) is 19.1 Å². The molecule has 8 nitrogen and oxygen atoms in total. The summed E-state index contributed by atoms with van der Waals surface area (Å²) in [6.45, 7) is 3.45. The molecule has 1 aromatic rings. The largest absolute Gasteiger partial charge is 0.341 e. The van der Waals surface area contributed by atoms with Crippen molar-refractivity contribution in [1.82, 2.24) is 20.9 Å². The summed E-state index contributed by atoms with van der Waals surface area (Å²) in [6, 6.07) is 6.10. The lowest BCUT2D eigenvalue weighted by Crippen LogP contribution is -2.42. The summed E-state index contributed by atoms with van der Waals surface area (Å²) in [6.07, 6.45) is -0.156. The van der Waals surface area contributed by atoms with Crippen molar-refractivity contribution in [2.45, 2.75) is 25.8 Å². The first-order valence-corrected chi connectivity index (χ1v) is 7.50. The average Bonchev–Trinajstić information content (AvgIpc) is 2.76. The molecule has 0 aromatic heterocycles. The third-order valence-electron chi connectivity index (χ3n) is 3.95. The third-order valence-corrected chi connectivity index (χ3v) is 3.95. The molecule has 2 rings (SSSR count). The van der Waals surface area contributed by atoms with Gasteiger partial charge in [0.25, 0.3) is 5.91 Å². The van der Waals surface area contributed by atoms with Gasteiger partial charge in [-0.3, -0.25) is 19.8 Å². The maximum Gasteiger partial charge on any atom is 0.325 e. The number of hydrogen-bond acceptors (Lipinski definition) is 4. The Morgan fingerprint density at radius 3 is 2.42 bits per heavy atom. The Kier molecular flexibility index (Phi) is 4.87. The van der Waals surface area contributed by atoms with E-state index in [0.717, 1.165) is 10.5 Å². The average molecular weight is 332 g/mol. The van der Waals surface area contributed by atoms with Gasteiger partial charge in [-0.25, -0.2) is 9.59 Å². The van der Waals surface area contributed by atoms with E-state index >= 15 is 0 Å². The highest BCUT2D eigenvalue weighted by atomic mass is 16.2. The lowest BCUT2D eigenvalue weighted by Gasteiger charge is -2.22. The zero-order valence-corrected chi connectivity index (χ0v) is 13.8. The van der Waals surface area contributed by atoms with E-state index < -0.39 is 29.4 Å². The van der Waals surface area contributed by atoms with Crippen LogP contribution in [-0.4, -0.2) is 42.4 Å². The zero-order valence-electron chi connectivity index (χ0n) is 13.8. The lowest BCUT2D eigenvalue weighted by molar-refractivity contribution is -0.131. The molecule has 0 radical (unpaired) electrons. The van der Waals surface area contributed by atoms with Crippen LogP contribution in [0.4, 0.5) is 9.59 Å². The number of carbonyl (C=O) groups is 4. The maximum absolute atomic E-state index is 12.6. The molecule has 0 aliphatic carbocycles. The van der Waals surface area contributed by atoms with Crippen molar-refractivity contribution in [3.05, 3.63) is 35.4 Å². The standard InChI is InChI=1S/C16H20N4O4/c1-10-4-6-11(7-5-10)16(2)13(22)20(15(24)19-16)9-8-12(21)18-14(23)17-3/h4-7H,8-9H2,1-3H3,(H,19,24)(H2,17,18,21,23)/t16-/m0/s1. The quantitative estimate of drug-likeness (QED) is 0.702. The Bertz CT molecular complexity index is 686. The first-order chi connectivity index (χ1) is 11.3. The van der Waals surface area contributed by atoms with Crippen LogP contribution in [0.5, 0.6) is 0 Å². The fourth-order valence-electron chi connectivity index (χ4n) is 2.45. The van der Waals surface area contributed by atoms with Crippen LogP contribution in [-0.2, 0) is 15.1 Å². The number of nitrogens with one attached hydrogen (secondary N) is 3. The molecule has 6 amide bonds. The van der Waals surface area contributed by atoms with Crippen LogP contribution in [0.2, 0.25) is 0 Å². The Labute approximate surface area is 139 Å². The van der Waals surface area contributed by atoms with Crippen LogP contribution in [0.15, 0.2) is 24.3 Å². The Balaban J connectivity index is 2.07. The monoisotopic (exact) mass is 332 g/mol. The number of rotatable bonds is 4. The molecular weight excluding hydrogens is 312 g/mol. The number of urea groups is 2. The molecule has 3 N–H and O–H groups in total. The molecule has 0 bridgehead atoms. The highest BCUT2D eigenvalue weighted by Crippen LogP contribution is 2.29.